The van der Waals surface area contributed by atoms with Crippen LogP contribution in [0.3, 0.4) is 0 Å². The molecule has 0 spiro atoms. The first-order chi connectivity index (χ1) is 10.4. The number of carbonyl (C=O) groups is 1. The Morgan fingerprint density at radius 2 is 1.91 bits per heavy atom. The van der Waals surface area contributed by atoms with Gasteiger partial charge in [-0.15, -0.1) is 0 Å². The molecule has 1 atom stereocenters. The summed E-state index contributed by atoms with van der Waals surface area (Å²) >= 11 is 3.40. The second-order valence-corrected chi connectivity index (χ2v) is 5.80. The number of amides is 1. The van der Waals surface area contributed by atoms with Gasteiger partial charge in [-0.05, 0) is 49.7 Å². The molecular formula is C16H15BrF2N2O. The zero-order chi connectivity index (χ0) is 16.3. The lowest BCUT2D eigenvalue weighted by Crippen LogP contribution is -2.32. The highest BCUT2D eigenvalue weighted by Gasteiger charge is 2.15. The lowest BCUT2D eigenvalue weighted by atomic mass is 10.2. The van der Waals surface area contributed by atoms with Gasteiger partial charge < -0.3 is 10.6 Å². The molecule has 2 aromatic rings. The second-order valence-electron chi connectivity index (χ2n) is 4.94. The third-order valence-electron chi connectivity index (χ3n) is 3.12. The highest BCUT2D eigenvalue weighted by Crippen LogP contribution is 2.21. The Bertz CT molecular complexity index is 707. The molecule has 0 aromatic heterocycles. The Kier molecular flexibility index (Phi) is 5.13. The Morgan fingerprint density at radius 3 is 2.55 bits per heavy atom. The van der Waals surface area contributed by atoms with Gasteiger partial charge in [0.05, 0.1) is 5.69 Å². The normalized spacial score (nSPS) is 11.9. The fraction of sp³-hybridized carbons (Fsp3) is 0.188. The van der Waals surface area contributed by atoms with Gasteiger partial charge in [0.1, 0.15) is 17.7 Å². The van der Waals surface area contributed by atoms with Gasteiger partial charge in [0.2, 0.25) is 5.91 Å². The molecule has 116 valence electrons. The van der Waals surface area contributed by atoms with Crippen molar-refractivity contribution < 1.29 is 13.6 Å². The molecule has 0 fully saturated rings. The topological polar surface area (TPSA) is 41.1 Å². The van der Waals surface area contributed by atoms with Crippen LogP contribution in [0.15, 0.2) is 40.9 Å². The molecule has 1 unspecified atom stereocenters. The van der Waals surface area contributed by atoms with Gasteiger partial charge in [-0.1, -0.05) is 15.9 Å². The van der Waals surface area contributed by atoms with E-state index in [1.54, 1.807) is 6.92 Å². The van der Waals surface area contributed by atoms with Crippen LogP contribution in [0.4, 0.5) is 20.2 Å². The van der Waals surface area contributed by atoms with Crippen molar-refractivity contribution in [3.8, 4) is 0 Å². The Hall–Kier alpha value is -1.95. The minimum Gasteiger partial charge on any atom is -0.374 e. The van der Waals surface area contributed by atoms with Crippen LogP contribution in [0.25, 0.3) is 0 Å². The van der Waals surface area contributed by atoms with Crippen LogP contribution in [0, 0.1) is 18.6 Å². The van der Waals surface area contributed by atoms with Crippen LogP contribution in [0.2, 0.25) is 0 Å². The molecule has 2 rings (SSSR count). The summed E-state index contributed by atoms with van der Waals surface area (Å²) in [4.78, 5) is 12.1. The summed E-state index contributed by atoms with van der Waals surface area (Å²) in [6.45, 7) is 3.60. The van der Waals surface area contributed by atoms with E-state index >= 15 is 0 Å². The molecule has 0 aliphatic rings. The average Bonchev–Trinajstić information content (AvgIpc) is 2.45. The molecular weight excluding hydrogens is 354 g/mol. The zero-order valence-electron chi connectivity index (χ0n) is 12.1. The predicted octanol–water partition coefficient (Wildman–Crippen LogP) is 4.47. The first kappa shape index (κ1) is 16.4. The number of benzene rings is 2. The summed E-state index contributed by atoms with van der Waals surface area (Å²) in [7, 11) is 0. The van der Waals surface area contributed by atoms with Gasteiger partial charge >= 0.3 is 0 Å². The van der Waals surface area contributed by atoms with Crippen molar-refractivity contribution in [3.63, 3.8) is 0 Å². The van der Waals surface area contributed by atoms with Gasteiger partial charge in [-0.25, -0.2) is 8.78 Å². The van der Waals surface area contributed by atoms with E-state index < -0.39 is 23.6 Å². The van der Waals surface area contributed by atoms with E-state index in [1.807, 2.05) is 25.1 Å². The van der Waals surface area contributed by atoms with E-state index in [2.05, 4.69) is 26.6 Å². The molecule has 3 nitrogen and oxygen atoms in total. The number of anilines is 2. The Labute approximate surface area is 135 Å². The largest absolute Gasteiger partial charge is 0.374 e. The molecule has 0 radical (unpaired) electrons. The molecule has 0 aliphatic carbocycles. The lowest BCUT2D eigenvalue weighted by Gasteiger charge is -2.16. The molecule has 0 aliphatic heterocycles. The van der Waals surface area contributed by atoms with Crippen molar-refractivity contribution in [2.45, 2.75) is 19.9 Å². The molecule has 6 heteroatoms. The van der Waals surface area contributed by atoms with E-state index in [9.17, 15) is 13.6 Å². The maximum Gasteiger partial charge on any atom is 0.246 e. The summed E-state index contributed by atoms with van der Waals surface area (Å²) in [5, 5.41) is 5.46. The van der Waals surface area contributed by atoms with Crippen molar-refractivity contribution in [1.29, 1.82) is 0 Å². The van der Waals surface area contributed by atoms with E-state index in [-0.39, 0.29) is 5.69 Å². The highest BCUT2D eigenvalue weighted by atomic mass is 79.9. The third kappa shape index (κ3) is 4.04. The van der Waals surface area contributed by atoms with Gasteiger partial charge in [0.15, 0.2) is 0 Å². The van der Waals surface area contributed by atoms with Crippen LogP contribution in [-0.2, 0) is 4.79 Å². The summed E-state index contributed by atoms with van der Waals surface area (Å²) in [5.74, 6) is -1.90. The van der Waals surface area contributed by atoms with Crippen LogP contribution in [0.1, 0.15) is 12.5 Å². The maximum absolute atomic E-state index is 13.5. The van der Waals surface area contributed by atoms with Crippen LogP contribution < -0.4 is 10.6 Å². The fourth-order valence-corrected chi connectivity index (χ4v) is 2.13. The minimum absolute atomic E-state index is 0.0490. The van der Waals surface area contributed by atoms with Crippen LogP contribution in [0.5, 0.6) is 0 Å². The molecule has 22 heavy (non-hydrogen) atoms. The monoisotopic (exact) mass is 368 g/mol. The first-order valence-corrected chi connectivity index (χ1v) is 7.44. The number of carbonyl (C=O) groups excluding carboxylic acids is 1. The number of nitrogens with one attached hydrogen (secondary N) is 2. The van der Waals surface area contributed by atoms with Crippen molar-refractivity contribution in [1.82, 2.24) is 0 Å². The van der Waals surface area contributed by atoms with E-state index in [0.717, 1.165) is 27.9 Å². The first-order valence-electron chi connectivity index (χ1n) is 6.65. The number of aryl methyl sites for hydroxylation is 1. The van der Waals surface area contributed by atoms with Crippen molar-refractivity contribution in [2.75, 3.05) is 10.6 Å². The predicted molar refractivity (Wildman–Crippen MR) is 87.0 cm³/mol. The summed E-state index contributed by atoms with van der Waals surface area (Å²) in [5.41, 5.74) is 1.76. The summed E-state index contributed by atoms with van der Waals surface area (Å²) in [6, 6.07) is 8.04. The van der Waals surface area contributed by atoms with Crippen molar-refractivity contribution in [2.24, 2.45) is 0 Å². The summed E-state index contributed by atoms with van der Waals surface area (Å²) < 4.78 is 27.3. The zero-order valence-corrected chi connectivity index (χ0v) is 13.7. The molecule has 1 amide bonds. The minimum atomic E-state index is -0.806. The van der Waals surface area contributed by atoms with Crippen LogP contribution >= 0.6 is 15.9 Å². The van der Waals surface area contributed by atoms with Crippen LogP contribution in [-0.4, -0.2) is 11.9 Å². The second kappa shape index (κ2) is 6.87. The van der Waals surface area contributed by atoms with E-state index in [4.69, 9.17) is 0 Å². The maximum atomic E-state index is 13.5. The highest BCUT2D eigenvalue weighted by molar-refractivity contribution is 9.10. The third-order valence-corrected chi connectivity index (χ3v) is 4.01. The molecule has 0 heterocycles. The quantitative estimate of drug-likeness (QED) is 0.835. The fourth-order valence-electron chi connectivity index (χ4n) is 1.88. The molecule has 0 saturated carbocycles. The van der Waals surface area contributed by atoms with Gasteiger partial charge in [-0.3, -0.25) is 4.79 Å². The number of hydrogen-bond acceptors (Lipinski definition) is 2. The standard InChI is InChI=1S/C16H15BrF2N2O/c1-9-7-12(4-5-13(9)17)20-10(2)16(22)21-15-6-3-11(18)8-14(15)19/h3-8,10,20H,1-2H3,(H,21,22). The van der Waals surface area contributed by atoms with Gasteiger partial charge in [-0.2, -0.15) is 0 Å². The van der Waals surface area contributed by atoms with Gasteiger partial charge in [0.25, 0.3) is 0 Å². The lowest BCUT2D eigenvalue weighted by molar-refractivity contribution is -0.116. The molecule has 0 bridgehead atoms. The number of hydrogen-bond donors (Lipinski definition) is 2. The molecule has 0 saturated heterocycles. The van der Waals surface area contributed by atoms with E-state index in [1.165, 1.54) is 6.07 Å². The number of rotatable bonds is 4. The Morgan fingerprint density at radius 1 is 1.18 bits per heavy atom. The number of halogens is 3. The van der Waals surface area contributed by atoms with Crippen molar-refractivity contribution in [3.05, 3.63) is 58.1 Å². The SMILES string of the molecule is Cc1cc(NC(C)C(=O)Nc2ccc(F)cc2F)ccc1Br. The van der Waals surface area contributed by atoms with Gasteiger partial charge in [0, 0.05) is 16.2 Å². The molecule has 2 aromatic carbocycles. The molecule has 2 N–H and O–H groups in total. The summed E-state index contributed by atoms with van der Waals surface area (Å²) in [6.07, 6.45) is 0. The Balaban J connectivity index is 2.04. The van der Waals surface area contributed by atoms with Crippen molar-refractivity contribution >= 4 is 33.2 Å². The van der Waals surface area contributed by atoms with E-state index in [0.29, 0.717) is 0 Å². The smallest absolute Gasteiger partial charge is 0.246 e. The average molecular weight is 369 g/mol.